The van der Waals surface area contributed by atoms with Crippen molar-refractivity contribution in [1.29, 1.82) is 0 Å². The molecule has 2 aromatic rings. The molecule has 0 aliphatic heterocycles. The number of hydrogen-bond donors (Lipinski definition) is 2. The molecule has 150 valence electrons. The van der Waals surface area contributed by atoms with Crippen LogP contribution in [0.3, 0.4) is 0 Å². The van der Waals surface area contributed by atoms with Crippen molar-refractivity contribution in [3.8, 4) is 11.5 Å². The molecule has 2 N–H and O–H groups in total. The zero-order valence-corrected chi connectivity index (χ0v) is 16.3. The first kappa shape index (κ1) is 21.2. The Morgan fingerprint density at radius 2 is 1.75 bits per heavy atom. The molecule has 7 heteroatoms. The lowest BCUT2D eigenvalue weighted by Gasteiger charge is -2.14. The summed E-state index contributed by atoms with van der Waals surface area (Å²) in [5.41, 5.74) is 1.44. The molecule has 28 heavy (non-hydrogen) atoms. The van der Waals surface area contributed by atoms with Gasteiger partial charge in [0.25, 0.3) is 11.8 Å². The van der Waals surface area contributed by atoms with E-state index in [-0.39, 0.29) is 31.6 Å². The van der Waals surface area contributed by atoms with Gasteiger partial charge in [0.15, 0.2) is 6.61 Å². The van der Waals surface area contributed by atoms with Crippen molar-refractivity contribution in [1.82, 2.24) is 10.2 Å². The van der Waals surface area contributed by atoms with E-state index in [9.17, 15) is 14.7 Å². The van der Waals surface area contributed by atoms with Crippen LogP contribution in [0.15, 0.2) is 48.5 Å². The lowest BCUT2D eigenvalue weighted by Crippen LogP contribution is -2.35. The summed E-state index contributed by atoms with van der Waals surface area (Å²) in [6.07, 6.45) is -0.846. The summed E-state index contributed by atoms with van der Waals surface area (Å²) in [6.45, 7) is 1.97. The largest absolute Gasteiger partial charge is 0.491 e. The van der Waals surface area contributed by atoms with Gasteiger partial charge in [-0.25, -0.2) is 0 Å². The molecule has 1 unspecified atom stereocenters. The molecular weight excluding hydrogens is 360 g/mol. The Kier molecular flexibility index (Phi) is 7.83. The standard InChI is InChI=1S/C21H26N2O5/c1-15-6-4-8-18(10-15)27-13-17(24)12-22-21(26)16-7-5-9-19(11-16)28-14-20(25)23(2)3/h4-11,17,24H,12-14H2,1-3H3,(H,22,26). The second-order valence-corrected chi connectivity index (χ2v) is 6.60. The van der Waals surface area contributed by atoms with E-state index in [4.69, 9.17) is 9.47 Å². The van der Waals surface area contributed by atoms with Crippen molar-refractivity contribution in [2.24, 2.45) is 0 Å². The number of nitrogens with zero attached hydrogens (tertiary/aromatic N) is 1. The molecule has 0 spiro atoms. The summed E-state index contributed by atoms with van der Waals surface area (Å²) < 4.78 is 10.9. The van der Waals surface area contributed by atoms with Gasteiger partial charge >= 0.3 is 0 Å². The first-order valence-electron chi connectivity index (χ1n) is 8.94. The van der Waals surface area contributed by atoms with Gasteiger partial charge in [-0.15, -0.1) is 0 Å². The van der Waals surface area contributed by atoms with Crippen LogP contribution in [0.25, 0.3) is 0 Å². The molecule has 2 amide bonds. The monoisotopic (exact) mass is 386 g/mol. The van der Waals surface area contributed by atoms with Gasteiger partial charge in [0, 0.05) is 26.2 Å². The Morgan fingerprint density at radius 3 is 2.43 bits per heavy atom. The predicted octanol–water partition coefficient (Wildman–Crippen LogP) is 1.63. The summed E-state index contributed by atoms with van der Waals surface area (Å²) in [4.78, 5) is 25.3. The zero-order chi connectivity index (χ0) is 20.5. The van der Waals surface area contributed by atoms with Crippen LogP contribution >= 0.6 is 0 Å². The summed E-state index contributed by atoms with van der Waals surface area (Å²) >= 11 is 0. The van der Waals surface area contributed by atoms with E-state index < -0.39 is 6.10 Å². The van der Waals surface area contributed by atoms with Crippen LogP contribution < -0.4 is 14.8 Å². The zero-order valence-electron chi connectivity index (χ0n) is 16.3. The summed E-state index contributed by atoms with van der Waals surface area (Å²) in [5, 5.41) is 12.7. The SMILES string of the molecule is Cc1cccc(OCC(O)CNC(=O)c2cccc(OCC(=O)N(C)C)c2)c1. The van der Waals surface area contributed by atoms with E-state index in [1.165, 1.54) is 4.90 Å². The van der Waals surface area contributed by atoms with Gasteiger partial charge in [-0.2, -0.15) is 0 Å². The Bertz CT molecular complexity index is 807. The molecule has 0 saturated heterocycles. The number of nitrogens with one attached hydrogen (secondary N) is 1. The number of benzene rings is 2. The number of carbonyl (C=O) groups excluding carboxylic acids is 2. The summed E-state index contributed by atoms with van der Waals surface area (Å²) in [6, 6.07) is 14.0. The number of rotatable bonds is 9. The second kappa shape index (κ2) is 10.3. The third-order valence-electron chi connectivity index (χ3n) is 3.89. The van der Waals surface area contributed by atoms with Gasteiger partial charge < -0.3 is 24.8 Å². The average molecular weight is 386 g/mol. The van der Waals surface area contributed by atoms with Crippen molar-refractivity contribution < 1.29 is 24.2 Å². The summed E-state index contributed by atoms with van der Waals surface area (Å²) in [5.74, 6) is 0.569. The number of likely N-dealkylation sites (N-methyl/N-ethyl adjacent to an activating group) is 1. The predicted molar refractivity (Wildman–Crippen MR) is 106 cm³/mol. The van der Waals surface area contributed by atoms with E-state index >= 15 is 0 Å². The molecule has 2 rings (SSSR count). The molecule has 0 heterocycles. The minimum absolute atomic E-state index is 0.0504. The molecular formula is C21H26N2O5. The van der Waals surface area contributed by atoms with Gasteiger partial charge in [-0.05, 0) is 42.8 Å². The topological polar surface area (TPSA) is 88.1 Å². The van der Waals surface area contributed by atoms with Crippen LogP contribution in [0.5, 0.6) is 11.5 Å². The number of aliphatic hydroxyl groups is 1. The number of aliphatic hydroxyl groups excluding tert-OH is 1. The molecule has 2 aromatic carbocycles. The summed E-state index contributed by atoms with van der Waals surface area (Å²) in [7, 11) is 3.28. The molecule has 0 aliphatic rings. The van der Waals surface area contributed by atoms with Crippen molar-refractivity contribution in [2.75, 3.05) is 33.9 Å². The van der Waals surface area contributed by atoms with E-state index in [1.807, 2.05) is 31.2 Å². The van der Waals surface area contributed by atoms with Crippen LogP contribution in [0.1, 0.15) is 15.9 Å². The van der Waals surface area contributed by atoms with Crippen LogP contribution in [-0.2, 0) is 4.79 Å². The second-order valence-electron chi connectivity index (χ2n) is 6.60. The van der Waals surface area contributed by atoms with Crippen molar-refractivity contribution >= 4 is 11.8 Å². The lowest BCUT2D eigenvalue weighted by molar-refractivity contribution is -0.130. The number of ether oxygens (including phenoxy) is 2. The Balaban J connectivity index is 1.80. The van der Waals surface area contributed by atoms with Crippen LogP contribution in [0, 0.1) is 6.92 Å². The van der Waals surface area contributed by atoms with E-state index in [0.29, 0.717) is 17.1 Å². The van der Waals surface area contributed by atoms with Crippen LogP contribution in [-0.4, -0.2) is 61.8 Å². The molecule has 0 saturated carbocycles. The molecule has 1 atom stereocenters. The highest BCUT2D eigenvalue weighted by molar-refractivity contribution is 5.94. The minimum Gasteiger partial charge on any atom is -0.491 e. The Labute approximate surface area is 164 Å². The van der Waals surface area contributed by atoms with Crippen LogP contribution in [0.4, 0.5) is 0 Å². The number of hydrogen-bond acceptors (Lipinski definition) is 5. The Hall–Kier alpha value is -3.06. The number of carbonyl (C=O) groups is 2. The normalized spacial score (nSPS) is 11.4. The first-order valence-corrected chi connectivity index (χ1v) is 8.94. The third-order valence-corrected chi connectivity index (χ3v) is 3.89. The van der Waals surface area contributed by atoms with E-state index in [2.05, 4.69) is 5.32 Å². The van der Waals surface area contributed by atoms with Crippen molar-refractivity contribution in [2.45, 2.75) is 13.0 Å². The fraction of sp³-hybridized carbons (Fsp3) is 0.333. The van der Waals surface area contributed by atoms with Crippen LogP contribution in [0.2, 0.25) is 0 Å². The fourth-order valence-corrected chi connectivity index (χ4v) is 2.27. The molecule has 0 aliphatic carbocycles. The molecule has 7 nitrogen and oxygen atoms in total. The maximum Gasteiger partial charge on any atom is 0.259 e. The Morgan fingerprint density at radius 1 is 1.07 bits per heavy atom. The number of amides is 2. The first-order chi connectivity index (χ1) is 13.3. The highest BCUT2D eigenvalue weighted by atomic mass is 16.5. The fourth-order valence-electron chi connectivity index (χ4n) is 2.27. The molecule has 0 radical (unpaired) electrons. The van der Waals surface area contributed by atoms with Gasteiger partial charge in [0.05, 0.1) is 0 Å². The minimum atomic E-state index is -0.846. The average Bonchev–Trinajstić information content (AvgIpc) is 2.68. The van der Waals surface area contributed by atoms with Gasteiger partial charge in [0.2, 0.25) is 0 Å². The third kappa shape index (κ3) is 6.92. The smallest absolute Gasteiger partial charge is 0.259 e. The van der Waals surface area contributed by atoms with Crippen molar-refractivity contribution in [3.05, 3.63) is 59.7 Å². The number of aryl methyl sites for hydroxylation is 1. The van der Waals surface area contributed by atoms with Gasteiger partial charge in [-0.1, -0.05) is 18.2 Å². The van der Waals surface area contributed by atoms with Crippen molar-refractivity contribution in [3.63, 3.8) is 0 Å². The quantitative estimate of drug-likeness (QED) is 0.684. The van der Waals surface area contributed by atoms with E-state index in [0.717, 1.165) is 5.56 Å². The molecule has 0 fully saturated rings. The van der Waals surface area contributed by atoms with Gasteiger partial charge in [-0.3, -0.25) is 9.59 Å². The molecule has 0 aromatic heterocycles. The highest BCUT2D eigenvalue weighted by Crippen LogP contribution is 2.14. The van der Waals surface area contributed by atoms with Gasteiger partial charge in [0.1, 0.15) is 24.2 Å². The van der Waals surface area contributed by atoms with E-state index in [1.54, 1.807) is 38.4 Å². The maximum atomic E-state index is 12.3. The highest BCUT2D eigenvalue weighted by Gasteiger charge is 2.11. The lowest BCUT2D eigenvalue weighted by atomic mass is 10.2. The molecule has 0 bridgehead atoms. The maximum absolute atomic E-state index is 12.3.